The number of nitrogens with zero attached hydrogens (tertiary/aromatic N) is 1. The SMILES string of the molecule is Cc1cc(C)cc(OCCNC(=O)CN(c2ccc(I)cc2)S(C)(=O)=O)c1. The lowest BCUT2D eigenvalue weighted by Crippen LogP contribution is -2.41. The van der Waals surface area contributed by atoms with Crippen LogP contribution in [0.15, 0.2) is 42.5 Å². The number of halogens is 1. The van der Waals surface area contributed by atoms with E-state index in [0.717, 1.165) is 31.0 Å². The van der Waals surface area contributed by atoms with E-state index in [0.29, 0.717) is 12.3 Å². The van der Waals surface area contributed by atoms with Crippen LogP contribution in [0.1, 0.15) is 11.1 Å². The first-order chi connectivity index (χ1) is 12.6. The second-order valence-electron chi connectivity index (χ2n) is 6.27. The van der Waals surface area contributed by atoms with Gasteiger partial charge in [0.25, 0.3) is 0 Å². The predicted octanol–water partition coefficient (Wildman–Crippen LogP) is 2.87. The van der Waals surface area contributed by atoms with Crippen molar-refractivity contribution in [3.63, 3.8) is 0 Å². The lowest BCUT2D eigenvalue weighted by Gasteiger charge is -2.22. The highest BCUT2D eigenvalue weighted by atomic mass is 127. The molecule has 2 aromatic carbocycles. The minimum atomic E-state index is -3.57. The molecule has 2 aromatic rings. The van der Waals surface area contributed by atoms with Crippen LogP contribution in [0.5, 0.6) is 5.75 Å². The van der Waals surface area contributed by atoms with E-state index in [1.165, 1.54) is 0 Å². The molecule has 0 aromatic heterocycles. The van der Waals surface area contributed by atoms with Gasteiger partial charge < -0.3 is 10.1 Å². The summed E-state index contributed by atoms with van der Waals surface area (Å²) in [6.07, 6.45) is 1.08. The molecule has 2 rings (SSSR count). The molecule has 0 unspecified atom stereocenters. The zero-order chi connectivity index (χ0) is 20.0. The summed E-state index contributed by atoms with van der Waals surface area (Å²) >= 11 is 2.14. The van der Waals surface area contributed by atoms with Gasteiger partial charge in [-0.2, -0.15) is 0 Å². The third-order valence-corrected chi connectivity index (χ3v) is 5.55. The number of anilines is 1. The Morgan fingerprint density at radius 2 is 1.70 bits per heavy atom. The summed E-state index contributed by atoms with van der Waals surface area (Å²) in [5.74, 6) is 0.362. The molecule has 146 valence electrons. The van der Waals surface area contributed by atoms with E-state index < -0.39 is 10.0 Å². The Labute approximate surface area is 174 Å². The maximum absolute atomic E-state index is 12.2. The summed E-state index contributed by atoms with van der Waals surface area (Å²) in [4.78, 5) is 12.2. The molecule has 0 bridgehead atoms. The standard InChI is InChI=1S/C19H23IN2O4S/c1-14-10-15(2)12-18(11-14)26-9-8-21-19(23)13-22(27(3,24)25)17-6-4-16(20)5-7-17/h4-7,10-12H,8-9,13H2,1-3H3,(H,21,23). The zero-order valence-corrected chi connectivity index (χ0v) is 18.5. The molecular weight excluding hydrogens is 479 g/mol. The van der Waals surface area contributed by atoms with Crippen LogP contribution in [-0.4, -0.2) is 40.3 Å². The molecule has 6 nitrogen and oxygen atoms in total. The second kappa shape index (κ2) is 9.41. The molecule has 0 aliphatic carbocycles. The highest BCUT2D eigenvalue weighted by Crippen LogP contribution is 2.19. The molecule has 0 spiro atoms. The first-order valence-electron chi connectivity index (χ1n) is 8.36. The average molecular weight is 502 g/mol. The molecule has 1 N–H and O–H groups in total. The van der Waals surface area contributed by atoms with Gasteiger partial charge in [0.1, 0.15) is 18.9 Å². The van der Waals surface area contributed by atoms with Crippen molar-refractivity contribution >= 4 is 44.2 Å². The molecule has 0 aliphatic rings. The van der Waals surface area contributed by atoms with Crippen LogP contribution in [0.25, 0.3) is 0 Å². The summed E-state index contributed by atoms with van der Waals surface area (Å²) in [7, 11) is -3.57. The van der Waals surface area contributed by atoms with Crippen LogP contribution in [0.3, 0.4) is 0 Å². The summed E-state index contributed by atoms with van der Waals surface area (Å²) in [6.45, 7) is 4.30. The molecule has 0 aliphatic heterocycles. The maximum Gasteiger partial charge on any atom is 0.240 e. The van der Waals surface area contributed by atoms with E-state index in [-0.39, 0.29) is 19.0 Å². The largest absolute Gasteiger partial charge is 0.492 e. The van der Waals surface area contributed by atoms with E-state index in [9.17, 15) is 13.2 Å². The average Bonchev–Trinajstić information content (AvgIpc) is 2.56. The first kappa shape index (κ1) is 21.5. The topological polar surface area (TPSA) is 75.7 Å². The predicted molar refractivity (Wildman–Crippen MR) is 116 cm³/mol. The maximum atomic E-state index is 12.2. The number of ether oxygens (including phenoxy) is 1. The number of amides is 1. The Bertz CT molecular complexity index is 878. The number of carbonyl (C=O) groups excluding carboxylic acids is 1. The lowest BCUT2D eigenvalue weighted by atomic mass is 10.1. The van der Waals surface area contributed by atoms with Gasteiger partial charge in [0.15, 0.2) is 0 Å². The monoisotopic (exact) mass is 502 g/mol. The van der Waals surface area contributed by atoms with Gasteiger partial charge in [-0.25, -0.2) is 8.42 Å². The quantitative estimate of drug-likeness (QED) is 0.445. The summed E-state index contributed by atoms with van der Waals surface area (Å²) < 4.78 is 31.8. The highest BCUT2D eigenvalue weighted by Gasteiger charge is 2.20. The van der Waals surface area contributed by atoms with Crippen molar-refractivity contribution in [2.24, 2.45) is 0 Å². The van der Waals surface area contributed by atoms with Crippen molar-refractivity contribution in [1.82, 2.24) is 5.32 Å². The van der Waals surface area contributed by atoms with E-state index >= 15 is 0 Å². The van der Waals surface area contributed by atoms with Gasteiger partial charge in [-0.15, -0.1) is 0 Å². The normalized spacial score (nSPS) is 11.1. The Kier molecular flexibility index (Phi) is 7.49. The molecule has 0 atom stereocenters. The van der Waals surface area contributed by atoms with Crippen molar-refractivity contribution in [2.75, 3.05) is 30.3 Å². The van der Waals surface area contributed by atoms with Crippen LogP contribution in [0.2, 0.25) is 0 Å². The number of aryl methyl sites for hydroxylation is 2. The molecule has 0 saturated carbocycles. The number of hydrogen-bond acceptors (Lipinski definition) is 4. The minimum Gasteiger partial charge on any atom is -0.492 e. The van der Waals surface area contributed by atoms with Gasteiger partial charge in [0.2, 0.25) is 15.9 Å². The molecule has 0 saturated heterocycles. The number of benzene rings is 2. The molecule has 1 amide bonds. The third kappa shape index (κ3) is 7.02. The molecular formula is C19H23IN2O4S. The van der Waals surface area contributed by atoms with Crippen molar-refractivity contribution < 1.29 is 17.9 Å². The van der Waals surface area contributed by atoms with E-state index in [1.807, 2.05) is 26.0 Å². The van der Waals surface area contributed by atoms with Crippen molar-refractivity contribution in [2.45, 2.75) is 13.8 Å². The zero-order valence-electron chi connectivity index (χ0n) is 15.5. The molecule has 0 radical (unpaired) electrons. The van der Waals surface area contributed by atoms with Crippen LogP contribution >= 0.6 is 22.6 Å². The van der Waals surface area contributed by atoms with Crippen molar-refractivity contribution in [3.8, 4) is 5.75 Å². The first-order valence-corrected chi connectivity index (χ1v) is 11.3. The molecule has 8 heteroatoms. The van der Waals surface area contributed by atoms with Gasteiger partial charge in [0, 0.05) is 3.57 Å². The Morgan fingerprint density at radius 1 is 1.11 bits per heavy atom. The second-order valence-corrected chi connectivity index (χ2v) is 9.42. The number of sulfonamides is 1. The number of nitrogens with one attached hydrogen (secondary N) is 1. The van der Waals surface area contributed by atoms with E-state index in [2.05, 4.69) is 34.0 Å². The van der Waals surface area contributed by atoms with Crippen LogP contribution < -0.4 is 14.4 Å². The van der Waals surface area contributed by atoms with Crippen molar-refractivity contribution in [1.29, 1.82) is 0 Å². The molecule has 0 fully saturated rings. The van der Waals surface area contributed by atoms with Gasteiger partial charge in [-0.3, -0.25) is 9.10 Å². The minimum absolute atomic E-state index is 0.275. The summed E-state index contributed by atoms with van der Waals surface area (Å²) in [6, 6.07) is 12.9. The smallest absolute Gasteiger partial charge is 0.240 e. The third-order valence-electron chi connectivity index (χ3n) is 3.69. The lowest BCUT2D eigenvalue weighted by molar-refractivity contribution is -0.119. The van der Waals surface area contributed by atoms with Gasteiger partial charge >= 0.3 is 0 Å². The fraction of sp³-hybridized carbons (Fsp3) is 0.316. The Balaban J connectivity index is 1.89. The van der Waals surface area contributed by atoms with E-state index in [4.69, 9.17) is 4.74 Å². The van der Waals surface area contributed by atoms with E-state index in [1.54, 1.807) is 24.3 Å². The van der Waals surface area contributed by atoms with Gasteiger partial charge in [-0.05, 0) is 84.0 Å². The van der Waals surface area contributed by atoms with Gasteiger partial charge in [-0.1, -0.05) is 6.07 Å². The number of rotatable bonds is 8. The number of hydrogen-bond donors (Lipinski definition) is 1. The summed E-state index contributed by atoms with van der Waals surface area (Å²) in [5.41, 5.74) is 2.67. The highest BCUT2D eigenvalue weighted by molar-refractivity contribution is 14.1. The Hall–Kier alpha value is -1.81. The van der Waals surface area contributed by atoms with Crippen LogP contribution in [0.4, 0.5) is 5.69 Å². The number of carbonyl (C=O) groups is 1. The summed E-state index contributed by atoms with van der Waals surface area (Å²) in [5, 5.41) is 2.69. The Morgan fingerprint density at radius 3 is 2.26 bits per heavy atom. The van der Waals surface area contributed by atoms with Crippen LogP contribution in [0, 0.1) is 17.4 Å². The fourth-order valence-corrected chi connectivity index (χ4v) is 3.79. The molecule has 0 heterocycles. The van der Waals surface area contributed by atoms with Crippen LogP contribution in [-0.2, 0) is 14.8 Å². The van der Waals surface area contributed by atoms with Crippen molar-refractivity contribution in [3.05, 3.63) is 57.2 Å². The fourth-order valence-electron chi connectivity index (χ4n) is 2.57. The van der Waals surface area contributed by atoms with Gasteiger partial charge in [0.05, 0.1) is 18.5 Å². The molecule has 27 heavy (non-hydrogen) atoms.